The van der Waals surface area contributed by atoms with Gasteiger partial charge in [-0.1, -0.05) is 19.3 Å². The monoisotopic (exact) mass is 196 g/mol. The first kappa shape index (κ1) is 9.97. The Hall–Kier alpha value is -0.570. The van der Waals surface area contributed by atoms with Crippen molar-refractivity contribution in [3.05, 3.63) is 0 Å². The van der Waals surface area contributed by atoms with E-state index < -0.39 is 0 Å². The number of rotatable bonds is 3. The smallest absolute Gasteiger partial charge is 0.234 e. The molecule has 1 aliphatic heterocycles. The predicted molar refractivity (Wildman–Crippen MR) is 55.7 cm³/mol. The van der Waals surface area contributed by atoms with Gasteiger partial charge in [0.15, 0.2) is 0 Å². The lowest BCUT2D eigenvalue weighted by Crippen LogP contribution is -2.47. The Morgan fingerprint density at radius 3 is 2.64 bits per heavy atom. The lowest BCUT2D eigenvalue weighted by atomic mass is 9.76. The number of amides is 1. The summed E-state index contributed by atoms with van der Waals surface area (Å²) in [5.74, 6) is 1.51. The van der Waals surface area contributed by atoms with Crippen molar-refractivity contribution >= 4 is 5.91 Å². The molecule has 1 saturated heterocycles. The van der Waals surface area contributed by atoms with Crippen molar-refractivity contribution in [1.29, 1.82) is 0 Å². The standard InChI is InChI=1S/C11H20N2O/c12-11(14)10-7-9(4-5-13-10)6-8-2-1-3-8/h8-10,13H,1-7H2,(H2,12,14). The van der Waals surface area contributed by atoms with Crippen molar-refractivity contribution in [2.45, 2.75) is 44.6 Å². The third kappa shape index (κ3) is 2.27. The molecule has 2 atom stereocenters. The van der Waals surface area contributed by atoms with E-state index >= 15 is 0 Å². The summed E-state index contributed by atoms with van der Waals surface area (Å²) in [7, 11) is 0. The van der Waals surface area contributed by atoms with Crippen LogP contribution in [0.4, 0.5) is 0 Å². The highest BCUT2D eigenvalue weighted by Gasteiger charge is 2.28. The highest BCUT2D eigenvalue weighted by Crippen LogP contribution is 2.35. The third-order valence-corrected chi connectivity index (χ3v) is 3.75. The van der Waals surface area contributed by atoms with Crippen LogP contribution < -0.4 is 11.1 Å². The molecule has 2 aliphatic rings. The van der Waals surface area contributed by atoms with Gasteiger partial charge in [-0.3, -0.25) is 4.79 Å². The first-order chi connectivity index (χ1) is 6.75. The summed E-state index contributed by atoms with van der Waals surface area (Å²) in [5, 5.41) is 3.18. The summed E-state index contributed by atoms with van der Waals surface area (Å²) in [6, 6.07) is -0.0613. The van der Waals surface area contributed by atoms with E-state index in [9.17, 15) is 4.79 Å². The van der Waals surface area contributed by atoms with Crippen LogP contribution in [-0.2, 0) is 4.79 Å². The van der Waals surface area contributed by atoms with Gasteiger partial charge in [0.2, 0.25) is 5.91 Å². The van der Waals surface area contributed by atoms with E-state index in [1.165, 1.54) is 32.1 Å². The molecule has 0 aromatic heterocycles. The second-order valence-corrected chi connectivity index (χ2v) is 4.83. The molecule has 2 unspecified atom stereocenters. The molecule has 14 heavy (non-hydrogen) atoms. The Morgan fingerprint density at radius 2 is 2.07 bits per heavy atom. The Morgan fingerprint density at radius 1 is 1.29 bits per heavy atom. The quantitative estimate of drug-likeness (QED) is 0.708. The zero-order chi connectivity index (χ0) is 9.97. The van der Waals surface area contributed by atoms with Crippen LogP contribution in [0.1, 0.15) is 38.5 Å². The number of nitrogens with one attached hydrogen (secondary N) is 1. The summed E-state index contributed by atoms with van der Waals surface area (Å²) in [6.07, 6.45) is 7.74. The van der Waals surface area contributed by atoms with Crippen LogP contribution >= 0.6 is 0 Å². The predicted octanol–water partition coefficient (Wildman–Crippen LogP) is 1.03. The Labute approximate surface area is 85.4 Å². The second kappa shape index (κ2) is 4.30. The lowest BCUT2D eigenvalue weighted by molar-refractivity contribution is -0.121. The van der Waals surface area contributed by atoms with Crippen LogP contribution in [0, 0.1) is 11.8 Å². The number of primary amides is 1. The van der Waals surface area contributed by atoms with Crippen LogP contribution in [-0.4, -0.2) is 18.5 Å². The maximum atomic E-state index is 11.0. The highest BCUT2D eigenvalue weighted by molar-refractivity contribution is 5.79. The van der Waals surface area contributed by atoms with E-state index in [0.717, 1.165) is 24.8 Å². The van der Waals surface area contributed by atoms with Gasteiger partial charge in [0.1, 0.15) is 0 Å². The molecule has 3 nitrogen and oxygen atoms in total. The van der Waals surface area contributed by atoms with Gasteiger partial charge in [-0.15, -0.1) is 0 Å². The van der Waals surface area contributed by atoms with Crippen LogP contribution in [0.5, 0.6) is 0 Å². The lowest BCUT2D eigenvalue weighted by Gasteiger charge is -2.34. The average Bonchev–Trinajstić information content (AvgIpc) is 2.12. The van der Waals surface area contributed by atoms with E-state index in [1.807, 2.05) is 0 Å². The highest BCUT2D eigenvalue weighted by atomic mass is 16.1. The fourth-order valence-corrected chi connectivity index (χ4v) is 2.63. The number of piperidine rings is 1. The molecule has 1 heterocycles. The van der Waals surface area contributed by atoms with Crippen LogP contribution in [0.2, 0.25) is 0 Å². The summed E-state index contributed by atoms with van der Waals surface area (Å²) >= 11 is 0. The van der Waals surface area contributed by atoms with Crippen molar-refractivity contribution in [3.8, 4) is 0 Å². The van der Waals surface area contributed by atoms with Crippen molar-refractivity contribution in [2.75, 3.05) is 6.54 Å². The average molecular weight is 196 g/mol. The summed E-state index contributed by atoms with van der Waals surface area (Å²) in [6.45, 7) is 0.963. The van der Waals surface area contributed by atoms with Gasteiger partial charge < -0.3 is 11.1 Å². The van der Waals surface area contributed by atoms with Gasteiger partial charge in [0.25, 0.3) is 0 Å². The molecule has 0 aromatic rings. The number of nitrogens with two attached hydrogens (primary N) is 1. The first-order valence-corrected chi connectivity index (χ1v) is 5.78. The summed E-state index contributed by atoms with van der Waals surface area (Å²) < 4.78 is 0. The van der Waals surface area contributed by atoms with Crippen molar-refractivity contribution < 1.29 is 4.79 Å². The summed E-state index contributed by atoms with van der Waals surface area (Å²) in [5.41, 5.74) is 5.31. The SMILES string of the molecule is NC(=O)C1CC(CC2CCC2)CCN1. The van der Waals surface area contributed by atoms with E-state index in [4.69, 9.17) is 5.73 Å². The molecule has 0 radical (unpaired) electrons. The largest absolute Gasteiger partial charge is 0.368 e. The van der Waals surface area contributed by atoms with Gasteiger partial charge in [-0.05, 0) is 37.6 Å². The molecule has 2 rings (SSSR count). The molecular formula is C11H20N2O. The number of carbonyl (C=O) groups is 1. The first-order valence-electron chi connectivity index (χ1n) is 5.78. The molecule has 1 amide bonds. The van der Waals surface area contributed by atoms with Gasteiger partial charge in [-0.2, -0.15) is 0 Å². The fourth-order valence-electron chi connectivity index (χ4n) is 2.63. The molecule has 0 spiro atoms. The van der Waals surface area contributed by atoms with Gasteiger partial charge in [-0.25, -0.2) is 0 Å². The van der Waals surface area contributed by atoms with E-state index in [-0.39, 0.29) is 11.9 Å². The topological polar surface area (TPSA) is 55.1 Å². The minimum atomic E-state index is -0.177. The molecule has 1 aliphatic carbocycles. The van der Waals surface area contributed by atoms with E-state index in [1.54, 1.807) is 0 Å². The zero-order valence-electron chi connectivity index (χ0n) is 8.67. The van der Waals surface area contributed by atoms with E-state index in [2.05, 4.69) is 5.32 Å². The van der Waals surface area contributed by atoms with Crippen molar-refractivity contribution in [1.82, 2.24) is 5.32 Å². The molecular weight excluding hydrogens is 176 g/mol. The van der Waals surface area contributed by atoms with Crippen LogP contribution in [0.25, 0.3) is 0 Å². The maximum absolute atomic E-state index is 11.0. The van der Waals surface area contributed by atoms with Crippen LogP contribution in [0.15, 0.2) is 0 Å². The van der Waals surface area contributed by atoms with Gasteiger partial charge in [0, 0.05) is 0 Å². The van der Waals surface area contributed by atoms with Crippen LogP contribution in [0.3, 0.4) is 0 Å². The zero-order valence-corrected chi connectivity index (χ0v) is 8.67. The molecule has 1 saturated carbocycles. The molecule has 0 aromatic carbocycles. The normalized spacial score (nSPS) is 33.7. The summed E-state index contributed by atoms with van der Waals surface area (Å²) in [4.78, 5) is 11.0. The minimum Gasteiger partial charge on any atom is -0.368 e. The number of carbonyl (C=O) groups excluding carboxylic acids is 1. The van der Waals surface area contributed by atoms with Gasteiger partial charge in [0.05, 0.1) is 6.04 Å². The minimum absolute atomic E-state index is 0.0613. The molecule has 3 heteroatoms. The fraction of sp³-hybridized carbons (Fsp3) is 0.909. The number of hydrogen-bond donors (Lipinski definition) is 2. The van der Waals surface area contributed by atoms with E-state index in [0.29, 0.717) is 0 Å². The third-order valence-electron chi connectivity index (χ3n) is 3.75. The van der Waals surface area contributed by atoms with Gasteiger partial charge >= 0.3 is 0 Å². The maximum Gasteiger partial charge on any atom is 0.234 e. The molecule has 2 fully saturated rings. The Bertz CT molecular complexity index is 213. The van der Waals surface area contributed by atoms with Crippen molar-refractivity contribution in [3.63, 3.8) is 0 Å². The Kier molecular flexibility index (Phi) is 3.06. The molecule has 3 N–H and O–H groups in total. The molecule has 0 bridgehead atoms. The second-order valence-electron chi connectivity index (χ2n) is 4.83. The Balaban J connectivity index is 1.78. The number of hydrogen-bond acceptors (Lipinski definition) is 2. The molecule has 80 valence electrons. The van der Waals surface area contributed by atoms with Crippen molar-refractivity contribution in [2.24, 2.45) is 17.6 Å².